The zero-order chi connectivity index (χ0) is 21.0. The Morgan fingerprint density at radius 3 is 2.69 bits per heavy atom. The second kappa shape index (κ2) is 8.82. The molecule has 156 valence electrons. The minimum Gasteiger partial charge on any atom is -0.454 e. The molecule has 3 rings (SSSR count). The standard InChI is InChI=1S/C20H24ClN3O5/c1-13-4-2-3-9-20(13)18(27)24(19(28)23-20)11-17(26)29-12-16(25)22-10-14-5-7-15(21)8-6-14/h5-8,13H,2-4,9-12H2,1H3,(H,22,25)(H,23,28)/t13-,20-/m1/s1. The van der Waals surface area contributed by atoms with E-state index >= 15 is 0 Å². The van der Waals surface area contributed by atoms with Crippen molar-refractivity contribution in [2.45, 2.75) is 44.7 Å². The molecule has 1 saturated heterocycles. The van der Waals surface area contributed by atoms with Crippen LogP contribution in [0.4, 0.5) is 4.79 Å². The van der Waals surface area contributed by atoms with Gasteiger partial charge in [-0.25, -0.2) is 4.79 Å². The van der Waals surface area contributed by atoms with Crippen LogP contribution in [0.1, 0.15) is 38.2 Å². The molecule has 0 radical (unpaired) electrons. The van der Waals surface area contributed by atoms with E-state index in [1.807, 2.05) is 6.92 Å². The molecule has 2 N–H and O–H groups in total. The van der Waals surface area contributed by atoms with Gasteiger partial charge >= 0.3 is 12.0 Å². The predicted octanol–water partition coefficient (Wildman–Crippen LogP) is 2.00. The highest BCUT2D eigenvalue weighted by molar-refractivity contribution is 6.30. The van der Waals surface area contributed by atoms with Crippen molar-refractivity contribution in [2.24, 2.45) is 5.92 Å². The van der Waals surface area contributed by atoms with E-state index in [4.69, 9.17) is 16.3 Å². The molecule has 0 bridgehead atoms. The largest absolute Gasteiger partial charge is 0.454 e. The van der Waals surface area contributed by atoms with Crippen LogP contribution in [0.15, 0.2) is 24.3 Å². The average molecular weight is 422 g/mol. The summed E-state index contributed by atoms with van der Waals surface area (Å²) in [7, 11) is 0. The summed E-state index contributed by atoms with van der Waals surface area (Å²) < 4.78 is 4.93. The van der Waals surface area contributed by atoms with Crippen molar-refractivity contribution in [1.82, 2.24) is 15.5 Å². The van der Waals surface area contributed by atoms with Crippen molar-refractivity contribution in [2.75, 3.05) is 13.2 Å². The fourth-order valence-electron chi connectivity index (χ4n) is 3.81. The summed E-state index contributed by atoms with van der Waals surface area (Å²) in [5, 5.41) is 5.99. The fourth-order valence-corrected chi connectivity index (χ4v) is 3.94. The van der Waals surface area contributed by atoms with Gasteiger partial charge in [0, 0.05) is 11.6 Å². The van der Waals surface area contributed by atoms with Crippen LogP contribution in [0, 0.1) is 5.92 Å². The summed E-state index contributed by atoms with van der Waals surface area (Å²) in [6, 6.07) is 6.37. The predicted molar refractivity (Wildman–Crippen MR) is 105 cm³/mol. The van der Waals surface area contributed by atoms with Crippen LogP contribution in [0.3, 0.4) is 0 Å². The third-order valence-electron chi connectivity index (χ3n) is 5.56. The molecule has 8 nitrogen and oxygen atoms in total. The number of urea groups is 1. The highest BCUT2D eigenvalue weighted by Crippen LogP contribution is 2.38. The summed E-state index contributed by atoms with van der Waals surface area (Å²) in [6.45, 7) is 1.20. The first-order chi connectivity index (χ1) is 13.8. The summed E-state index contributed by atoms with van der Waals surface area (Å²) in [5.74, 6) is -1.68. The molecule has 2 aliphatic rings. The number of amides is 4. The lowest BCUT2D eigenvalue weighted by Crippen LogP contribution is -2.54. The topological polar surface area (TPSA) is 105 Å². The molecule has 1 spiro atoms. The Bertz CT molecular complexity index is 813. The molecule has 1 aromatic rings. The molecule has 0 aromatic heterocycles. The van der Waals surface area contributed by atoms with Gasteiger partial charge in [-0.3, -0.25) is 19.3 Å². The molecular weight excluding hydrogens is 398 g/mol. The molecule has 1 saturated carbocycles. The highest BCUT2D eigenvalue weighted by Gasteiger charge is 2.55. The summed E-state index contributed by atoms with van der Waals surface area (Å²) in [6.07, 6.45) is 3.27. The molecule has 1 aliphatic carbocycles. The highest BCUT2D eigenvalue weighted by atomic mass is 35.5. The molecule has 2 atom stereocenters. The zero-order valence-corrected chi connectivity index (χ0v) is 17.0. The van der Waals surface area contributed by atoms with Crippen LogP contribution in [-0.4, -0.2) is 47.4 Å². The van der Waals surface area contributed by atoms with Gasteiger partial charge in [-0.05, 0) is 36.5 Å². The van der Waals surface area contributed by atoms with Gasteiger partial charge in [0.1, 0.15) is 12.1 Å². The van der Waals surface area contributed by atoms with Crippen molar-refractivity contribution in [3.63, 3.8) is 0 Å². The first kappa shape index (κ1) is 21.1. The van der Waals surface area contributed by atoms with Gasteiger partial charge in [0.2, 0.25) is 0 Å². The van der Waals surface area contributed by atoms with Crippen molar-refractivity contribution >= 4 is 35.4 Å². The van der Waals surface area contributed by atoms with E-state index in [0.29, 0.717) is 11.4 Å². The molecule has 1 heterocycles. The normalized spacial score (nSPS) is 23.8. The van der Waals surface area contributed by atoms with Gasteiger partial charge in [-0.2, -0.15) is 0 Å². The Morgan fingerprint density at radius 2 is 2.00 bits per heavy atom. The van der Waals surface area contributed by atoms with Crippen molar-refractivity contribution in [1.29, 1.82) is 0 Å². The first-order valence-electron chi connectivity index (χ1n) is 9.63. The number of nitrogens with one attached hydrogen (secondary N) is 2. The third-order valence-corrected chi connectivity index (χ3v) is 5.81. The number of hydrogen-bond acceptors (Lipinski definition) is 5. The van der Waals surface area contributed by atoms with Crippen LogP contribution in [0.2, 0.25) is 5.02 Å². The van der Waals surface area contributed by atoms with E-state index in [1.54, 1.807) is 24.3 Å². The average Bonchev–Trinajstić information content (AvgIpc) is 2.93. The number of hydrogen-bond donors (Lipinski definition) is 2. The van der Waals surface area contributed by atoms with Crippen LogP contribution in [0.25, 0.3) is 0 Å². The van der Waals surface area contributed by atoms with Crippen LogP contribution in [0.5, 0.6) is 0 Å². The molecule has 2 fully saturated rings. The second-order valence-corrected chi connectivity index (χ2v) is 7.94. The van der Waals surface area contributed by atoms with Gasteiger partial charge in [0.25, 0.3) is 11.8 Å². The van der Waals surface area contributed by atoms with Crippen molar-refractivity contribution in [3.05, 3.63) is 34.9 Å². The maximum atomic E-state index is 12.8. The Hall–Kier alpha value is -2.61. The Labute approximate surface area is 173 Å². The van der Waals surface area contributed by atoms with Gasteiger partial charge in [0.15, 0.2) is 6.61 Å². The number of ether oxygens (including phenoxy) is 1. The van der Waals surface area contributed by atoms with Gasteiger partial charge in [-0.1, -0.05) is 43.5 Å². The Morgan fingerprint density at radius 1 is 1.28 bits per heavy atom. The van der Waals surface area contributed by atoms with E-state index in [9.17, 15) is 19.2 Å². The number of imide groups is 1. The number of rotatable bonds is 6. The molecule has 1 aliphatic heterocycles. The van der Waals surface area contributed by atoms with E-state index < -0.39 is 36.6 Å². The van der Waals surface area contributed by atoms with Gasteiger partial charge in [-0.15, -0.1) is 0 Å². The first-order valence-corrected chi connectivity index (χ1v) is 10.0. The monoisotopic (exact) mass is 421 g/mol. The van der Waals surface area contributed by atoms with E-state index in [1.165, 1.54) is 0 Å². The van der Waals surface area contributed by atoms with Crippen LogP contribution < -0.4 is 10.6 Å². The second-order valence-electron chi connectivity index (χ2n) is 7.50. The molecule has 0 unspecified atom stereocenters. The van der Waals surface area contributed by atoms with Crippen molar-refractivity contribution < 1.29 is 23.9 Å². The van der Waals surface area contributed by atoms with Crippen LogP contribution >= 0.6 is 11.6 Å². The Kier molecular flexibility index (Phi) is 6.42. The summed E-state index contributed by atoms with van der Waals surface area (Å²) in [4.78, 5) is 49.9. The minimum atomic E-state index is -0.925. The fraction of sp³-hybridized carbons (Fsp3) is 0.500. The van der Waals surface area contributed by atoms with Gasteiger partial charge < -0.3 is 15.4 Å². The lowest BCUT2D eigenvalue weighted by atomic mass is 9.73. The SMILES string of the molecule is C[C@@H]1CCCC[C@@]12NC(=O)N(CC(=O)OCC(=O)NCc1ccc(Cl)cc1)C2=O. The molecule has 1 aromatic carbocycles. The lowest BCUT2D eigenvalue weighted by Gasteiger charge is -2.36. The van der Waals surface area contributed by atoms with Crippen LogP contribution in [-0.2, 0) is 25.7 Å². The number of halogens is 1. The lowest BCUT2D eigenvalue weighted by molar-refractivity contribution is -0.151. The number of benzene rings is 1. The summed E-state index contributed by atoms with van der Waals surface area (Å²) >= 11 is 5.80. The molecule has 4 amide bonds. The molecule has 29 heavy (non-hydrogen) atoms. The number of carbonyl (C=O) groups excluding carboxylic acids is 4. The summed E-state index contributed by atoms with van der Waals surface area (Å²) in [5.41, 5.74) is -0.0775. The number of nitrogens with zero attached hydrogens (tertiary/aromatic N) is 1. The number of carbonyl (C=O) groups is 4. The van der Waals surface area contributed by atoms with E-state index in [0.717, 1.165) is 29.7 Å². The molecule has 9 heteroatoms. The number of esters is 1. The zero-order valence-electron chi connectivity index (χ0n) is 16.2. The third kappa shape index (κ3) is 4.70. The van der Waals surface area contributed by atoms with E-state index in [2.05, 4.69) is 10.6 Å². The maximum absolute atomic E-state index is 12.8. The quantitative estimate of drug-likeness (QED) is 0.540. The Balaban J connectivity index is 1.46. The van der Waals surface area contributed by atoms with Gasteiger partial charge in [0.05, 0.1) is 0 Å². The smallest absolute Gasteiger partial charge is 0.326 e. The van der Waals surface area contributed by atoms with Crippen molar-refractivity contribution in [3.8, 4) is 0 Å². The minimum absolute atomic E-state index is 0.00682. The van der Waals surface area contributed by atoms with E-state index in [-0.39, 0.29) is 18.4 Å². The molecular formula is C20H24ClN3O5. The maximum Gasteiger partial charge on any atom is 0.326 e.